The van der Waals surface area contributed by atoms with Crippen molar-refractivity contribution in [3.63, 3.8) is 0 Å². The highest BCUT2D eigenvalue weighted by Crippen LogP contribution is 2.31. The number of amides is 2. The van der Waals surface area contributed by atoms with Crippen molar-refractivity contribution in [2.24, 2.45) is 5.92 Å². The van der Waals surface area contributed by atoms with Gasteiger partial charge in [0.05, 0.1) is 17.8 Å². The minimum atomic E-state index is -0.197. The summed E-state index contributed by atoms with van der Waals surface area (Å²) >= 11 is 2.69. The fourth-order valence-electron chi connectivity index (χ4n) is 2.76. The summed E-state index contributed by atoms with van der Waals surface area (Å²) in [6.07, 6.45) is 2.05. The van der Waals surface area contributed by atoms with Gasteiger partial charge in [-0.1, -0.05) is 32.0 Å². The highest BCUT2D eigenvalue weighted by atomic mass is 32.1. The maximum atomic E-state index is 12.4. The predicted octanol–water partition coefficient (Wildman–Crippen LogP) is 4.52. The second kappa shape index (κ2) is 8.14. The van der Waals surface area contributed by atoms with Crippen molar-refractivity contribution in [1.82, 2.24) is 15.0 Å². The molecule has 4 aromatic rings. The van der Waals surface area contributed by atoms with Crippen LogP contribution >= 0.6 is 22.7 Å². The molecule has 0 aliphatic heterocycles. The maximum absolute atomic E-state index is 12.4. The Morgan fingerprint density at radius 1 is 1.07 bits per heavy atom. The number of nitrogens with zero attached hydrogens (tertiary/aromatic N) is 2. The van der Waals surface area contributed by atoms with Crippen LogP contribution < -0.4 is 10.6 Å². The Morgan fingerprint density at radius 3 is 2.66 bits per heavy atom. The summed E-state index contributed by atoms with van der Waals surface area (Å²) in [5.74, 6) is -0.415. The lowest BCUT2D eigenvalue weighted by Gasteiger charge is -2.03. The molecule has 0 unspecified atom stereocenters. The number of rotatable bonds is 6. The van der Waals surface area contributed by atoms with Crippen LogP contribution in [0.2, 0.25) is 0 Å². The zero-order chi connectivity index (χ0) is 20.4. The lowest BCUT2D eigenvalue weighted by molar-refractivity contribution is -0.119. The predicted molar refractivity (Wildman–Crippen MR) is 117 cm³/mol. The normalized spacial score (nSPS) is 11.1. The molecule has 0 saturated heterocycles. The van der Waals surface area contributed by atoms with Crippen molar-refractivity contribution in [1.29, 1.82) is 0 Å². The number of hydrogen-bond acceptors (Lipinski definition) is 6. The van der Waals surface area contributed by atoms with Crippen LogP contribution in [-0.4, -0.2) is 26.8 Å². The first-order valence-corrected chi connectivity index (χ1v) is 10.8. The van der Waals surface area contributed by atoms with Crippen LogP contribution in [0.5, 0.6) is 0 Å². The van der Waals surface area contributed by atoms with Gasteiger partial charge in [0, 0.05) is 39.3 Å². The average molecular weight is 426 g/mol. The van der Waals surface area contributed by atoms with Crippen molar-refractivity contribution in [2.75, 3.05) is 10.6 Å². The van der Waals surface area contributed by atoms with E-state index >= 15 is 0 Å². The molecule has 4 rings (SSSR count). The molecule has 3 N–H and O–H groups in total. The molecule has 0 aliphatic carbocycles. The number of carbonyl (C=O) groups is 2. The molecule has 2 amide bonds. The van der Waals surface area contributed by atoms with Crippen LogP contribution in [0.25, 0.3) is 22.2 Å². The fraction of sp³-hybridized carbons (Fsp3) is 0.200. The Labute approximate surface area is 175 Å². The summed E-state index contributed by atoms with van der Waals surface area (Å²) in [4.78, 5) is 36.2. The van der Waals surface area contributed by atoms with E-state index in [0.29, 0.717) is 16.0 Å². The summed E-state index contributed by atoms with van der Waals surface area (Å²) in [6.45, 7) is 3.63. The van der Waals surface area contributed by atoms with E-state index in [1.807, 2.05) is 49.7 Å². The van der Waals surface area contributed by atoms with Crippen molar-refractivity contribution >= 4 is 55.7 Å². The number of aromatic amines is 1. The number of nitrogens with one attached hydrogen (secondary N) is 3. The second-order valence-corrected chi connectivity index (χ2v) is 8.51. The van der Waals surface area contributed by atoms with E-state index in [9.17, 15) is 9.59 Å². The number of hydrogen-bond donors (Lipinski definition) is 3. The van der Waals surface area contributed by atoms with Crippen molar-refractivity contribution < 1.29 is 9.59 Å². The third kappa shape index (κ3) is 4.36. The largest absolute Gasteiger partial charge is 0.360 e. The first-order valence-electron chi connectivity index (χ1n) is 9.06. The molecular formula is C20H19N5O2S2. The molecule has 1 aromatic carbocycles. The number of anilines is 2. The number of para-hydroxylation sites is 1. The van der Waals surface area contributed by atoms with Gasteiger partial charge in [-0.3, -0.25) is 9.59 Å². The topological polar surface area (TPSA) is 99.8 Å². The summed E-state index contributed by atoms with van der Waals surface area (Å²) < 4.78 is 0. The van der Waals surface area contributed by atoms with Crippen LogP contribution in [0.4, 0.5) is 10.3 Å². The van der Waals surface area contributed by atoms with Crippen LogP contribution in [0, 0.1) is 5.92 Å². The number of carbonyl (C=O) groups excluding carboxylic acids is 2. The monoisotopic (exact) mass is 425 g/mol. The molecule has 0 atom stereocenters. The van der Waals surface area contributed by atoms with Gasteiger partial charge in [-0.05, 0) is 6.07 Å². The molecule has 148 valence electrons. The first-order chi connectivity index (χ1) is 14.0. The molecule has 0 saturated carbocycles. The SMILES string of the molecule is CC(C)C(=O)Nc1nc(CC(=O)Nc2nc(-c3c[nH]c4ccccc34)cs2)cs1. The summed E-state index contributed by atoms with van der Waals surface area (Å²) in [7, 11) is 0. The molecule has 7 nitrogen and oxygen atoms in total. The van der Waals surface area contributed by atoms with Gasteiger partial charge in [-0.15, -0.1) is 22.7 Å². The standard InChI is InChI=1S/C20H19N5O2S2/c1-11(2)18(27)25-19-22-12(9-28-19)7-17(26)24-20-23-16(10-29-20)14-8-21-15-6-4-3-5-13(14)15/h3-6,8-11,21H,7H2,1-2H3,(H,22,25,27)(H,23,24,26). The maximum Gasteiger partial charge on any atom is 0.232 e. The molecule has 3 aromatic heterocycles. The van der Waals surface area contributed by atoms with Gasteiger partial charge in [0.2, 0.25) is 11.8 Å². The van der Waals surface area contributed by atoms with E-state index in [-0.39, 0.29) is 24.2 Å². The van der Waals surface area contributed by atoms with E-state index in [2.05, 4.69) is 25.6 Å². The van der Waals surface area contributed by atoms with E-state index < -0.39 is 0 Å². The first kappa shape index (κ1) is 19.3. The third-order valence-corrected chi connectivity index (χ3v) is 5.83. The highest BCUT2D eigenvalue weighted by molar-refractivity contribution is 7.14. The zero-order valence-corrected chi connectivity index (χ0v) is 17.5. The van der Waals surface area contributed by atoms with Gasteiger partial charge in [-0.2, -0.15) is 0 Å². The quantitative estimate of drug-likeness (QED) is 0.423. The van der Waals surface area contributed by atoms with Crippen molar-refractivity contribution in [3.05, 3.63) is 46.9 Å². The van der Waals surface area contributed by atoms with Crippen molar-refractivity contribution in [2.45, 2.75) is 20.3 Å². The number of aromatic nitrogens is 3. The van der Waals surface area contributed by atoms with Gasteiger partial charge in [0.25, 0.3) is 0 Å². The smallest absolute Gasteiger partial charge is 0.232 e. The van der Waals surface area contributed by atoms with E-state index in [4.69, 9.17) is 0 Å². The van der Waals surface area contributed by atoms with E-state index in [1.54, 1.807) is 5.38 Å². The molecular weight excluding hydrogens is 406 g/mol. The summed E-state index contributed by atoms with van der Waals surface area (Å²) in [5, 5.41) is 11.4. The number of benzene rings is 1. The summed E-state index contributed by atoms with van der Waals surface area (Å²) in [5.41, 5.74) is 3.47. The van der Waals surface area contributed by atoms with Crippen LogP contribution in [0.3, 0.4) is 0 Å². The van der Waals surface area contributed by atoms with Gasteiger partial charge < -0.3 is 15.6 Å². The average Bonchev–Trinajstić information content (AvgIpc) is 3.41. The number of fused-ring (bicyclic) bond motifs is 1. The van der Waals surface area contributed by atoms with Gasteiger partial charge in [0.1, 0.15) is 0 Å². The zero-order valence-electron chi connectivity index (χ0n) is 15.9. The molecule has 29 heavy (non-hydrogen) atoms. The van der Waals surface area contributed by atoms with E-state index in [1.165, 1.54) is 22.7 Å². The number of H-pyrrole nitrogens is 1. The lowest BCUT2D eigenvalue weighted by Crippen LogP contribution is -2.18. The molecule has 0 spiro atoms. The van der Waals surface area contributed by atoms with Gasteiger partial charge >= 0.3 is 0 Å². The Kier molecular flexibility index (Phi) is 5.41. The van der Waals surface area contributed by atoms with Crippen LogP contribution in [0.1, 0.15) is 19.5 Å². The Morgan fingerprint density at radius 2 is 1.83 bits per heavy atom. The van der Waals surface area contributed by atoms with Gasteiger partial charge in [-0.25, -0.2) is 9.97 Å². The molecule has 9 heteroatoms. The fourth-order valence-corrected chi connectivity index (χ4v) is 4.20. The van der Waals surface area contributed by atoms with Crippen LogP contribution in [-0.2, 0) is 16.0 Å². The molecule has 0 fully saturated rings. The Hall–Kier alpha value is -3.04. The highest BCUT2D eigenvalue weighted by Gasteiger charge is 2.14. The Balaban J connectivity index is 1.40. The lowest BCUT2D eigenvalue weighted by atomic mass is 10.1. The minimum Gasteiger partial charge on any atom is -0.360 e. The minimum absolute atomic E-state index is 0.0945. The molecule has 3 heterocycles. The molecule has 0 radical (unpaired) electrons. The van der Waals surface area contributed by atoms with Crippen LogP contribution in [0.15, 0.2) is 41.2 Å². The van der Waals surface area contributed by atoms with Gasteiger partial charge in [0.15, 0.2) is 10.3 Å². The number of thiazole rings is 2. The van der Waals surface area contributed by atoms with E-state index in [0.717, 1.165) is 22.2 Å². The Bertz CT molecular complexity index is 1170. The molecule has 0 aliphatic rings. The summed E-state index contributed by atoms with van der Waals surface area (Å²) in [6, 6.07) is 8.02. The second-order valence-electron chi connectivity index (χ2n) is 6.80. The molecule has 0 bridgehead atoms. The van der Waals surface area contributed by atoms with Crippen molar-refractivity contribution in [3.8, 4) is 11.3 Å². The third-order valence-electron chi connectivity index (χ3n) is 4.26.